The van der Waals surface area contributed by atoms with Crippen molar-refractivity contribution in [2.45, 2.75) is 46.0 Å². The largest absolute Gasteiger partial charge is 0.421 e. The maximum Gasteiger partial charge on any atom is 0.338 e. The molecule has 0 heterocycles. The lowest BCUT2D eigenvalue weighted by molar-refractivity contribution is -0.130. The van der Waals surface area contributed by atoms with Crippen LogP contribution in [0, 0.1) is 0 Å². The van der Waals surface area contributed by atoms with Crippen molar-refractivity contribution < 1.29 is 9.53 Å². The molecule has 0 spiro atoms. The number of esters is 1. The third-order valence-corrected chi connectivity index (χ3v) is 6.97. The average Bonchev–Trinajstić information content (AvgIpc) is 2.60. The molecule has 0 radical (unpaired) electrons. The molecule has 2 rings (SSSR count). The summed E-state index contributed by atoms with van der Waals surface area (Å²) in [7, 11) is 0. The molecular weight excluding hydrogens is 616 g/mol. The van der Waals surface area contributed by atoms with Gasteiger partial charge in [0.25, 0.3) is 0 Å². The van der Waals surface area contributed by atoms with E-state index in [0.717, 1.165) is 42.7 Å². The van der Waals surface area contributed by atoms with Crippen molar-refractivity contribution in [3.05, 3.63) is 71.0 Å². The number of rotatable bonds is 7. The fourth-order valence-corrected chi connectivity index (χ4v) is 5.94. The Bertz CT molecular complexity index is 859. The molecule has 1 atom stereocenters. The summed E-state index contributed by atoms with van der Waals surface area (Å²) in [6, 6.07) is 8.43. The minimum absolute atomic E-state index is 0.325. The van der Waals surface area contributed by atoms with E-state index in [1.807, 2.05) is 12.1 Å². The molecule has 0 aliphatic carbocycles. The van der Waals surface area contributed by atoms with E-state index in [9.17, 15) is 4.79 Å². The van der Waals surface area contributed by atoms with Crippen LogP contribution in [-0.4, -0.2) is 5.97 Å². The number of ether oxygens (including phenoxy) is 1. The molecular formula is C22H22Br4O2. The molecule has 28 heavy (non-hydrogen) atoms. The topological polar surface area (TPSA) is 26.3 Å². The molecule has 0 bridgehead atoms. The number of hydrogen-bond acceptors (Lipinski definition) is 2. The van der Waals surface area contributed by atoms with E-state index in [1.54, 1.807) is 6.92 Å². The van der Waals surface area contributed by atoms with Crippen LogP contribution < -0.4 is 4.74 Å². The normalized spacial score (nSPS) is 12.0. The molecule has 2 nitrogen and oxygen atoms in total. The van der Waals surface area contributed by atoms with Gasteiger partial charge < -0.3 is 4.74 Å². The summed E-state index contributed by atoms with van der Waals surface area (Å²) in [5.74, 6) is 0.356. The van der Waals surface area contributed by atoms with Gasteiger partial charge >= 0.3 is 5.97 Å². The summed E-state index contributed by atoms with van der Waals surface area (Å²) in [4.78, 5) is 11.8. The molecule has 6 heteroatoms. The first kappa shape index (κ1) is 23.8. The molecule has 0 saturated carbocycles. The average molecular weight is 638 g/mol. The minimum Gasteiger partial charge on any atom is -0.421 e. The van der Waals surface area contributed by atoms with Gasteiger partial charge in [0, 0.05) is 14.5 Å². The monoisotopic (exact) mass is 634 g/mol. The van der Waals surface area contributed by atoms with Crippen molar-refractivity contribution in [2.75, 3.05) is 0 Å². The summed E-state index contributed by atoms with van der Waals surface area (Å²) in [5.41, 5.74) is 4.08. The van der Waals surface area contributed by atoms with Crippen LogP contribution in [-0.2, 0) is 17.6 Å². The highest BCUT2D eigenvalue weighted by Crippen LogP contribution is 2.37. The van der Waals surface area contributed by atoms with Crippen LogP contribution in [0.25, 0.3) is 0 Å². The second-order valence-corrected chi connectivity index (χ2v) is 10.3. The van der Waals surface area contributed by atoms with Gasteiger partial charge in [-0.1, -0.05) is 58.7 Å². The number of carbonyl (C=O) groups excluding carboxylic acids is 1. The summed E-state index contributed by atoms with van der Waals surface area (Å²) >= 11 is 14.5. The smallest absolute Gasteiger partial charge is 0.338 e. The zero-order valence-corrected chi connectivity index (χ0v) is 22.4. The van der Waals surface area contributed by atoms with Gasteiger partial charge in [0.05, 0.1) is 8.95 Å². The molecule has 0 aliphatic heterocycles. The molecule has 0 saturated heterocycles. The van der Waals surface area contributed by atoms with Crippen molar-refractivity contribution >= 4 is 69.7 Å². The molecule has 0 aromatic heterocycles. The highest BCUT2D eigenvalue weighted by atomic mass is 79.9. The second kappa shape index (κ2) is 10.6. The van der Waals surface area contributed by atoms with Gasteiger partial charge in [-0.3, -0.25) is 0 Å². The van der Waals surface area contributed by atoms with Gasteiger partial charge in [-0.15, -0.1) is 0 Å². The standard InChI is InChI=1S/C22H22Br4O2/c1-5-6-16-17(23)10-15(11-18(16)24)13(4)7-14-8-19(25)21(20(26)9-14)28-22(27)12(2)3/h8-11,13H,2,5-7H2,1,3-4H3. The number of halogens is 4. The highest BCUT2D eigenvalue weighted by molar-refractivity contribution is 9.11. The van der Waals surface area contributed by atoms with E-state index in [4.69, 9.17) is 4.74 Å². The van der Waals surface area contributed by atoms with Crippen LogP contribution in [0.5, 0.6) is 5.75 Å². The van der Waals surface area contributed by atoms with Gasteiger partial charge in [0.15, 0.2) is 5.75 Å². The summed E-state index contributed by atoms with van der Waals surface area (Å²) in [6.07, 6.45) is 3.01. The third-order valence-electron chi connectivity index (χ3n) is 4.38. The van der Waals surface area contributed by atoms with Crippen LogP contribution in [0.1, 0.15) is 49.8 Å². The predicted octanol–water partition coefficient (Wildman–Crippen LogP) is 8.52. The fourth-order valence-electron chi connectivity index (χ4n) is 2.87. The SMILES string of the molecule is C=C(C)C(=O)Oc1c(Br)cc(CC(C)c2cc(Br)c(CCC)c(Br)c2)cc1Br. The zero-order chi connectivity index (χ0) is 21.0. The van der Waals surface area contributed by atoms with Crippen LogP contribution in [0.4, 0.5) is 0 Å². The Kier molecular flexibility index (Phi) is 8.99. The molecule has 0 aliphatic rings. The van der Waals surface area contributed by atoms with E-state index in [-0.39, 0.29) is 0 Å². The van der Waals surface area contributed by atoms with Gasteiger partial charge in [0.2, 0.25) is 0 Å². The Labute approximate surface area is 200 Å². The molecule has 2 aromatic rings. The molecule has 150 valence electrons. The van der Waals surface area contributed by atoms with Crippen molar-refractivity contribution in [3.8, 4) is 5.75 Å². The summed E-state index contributed by atoms with van der Waals surface area (Å²) in [5, 5.41) is 0. The van der Waals surface area contributed by atoms with Gasteiger partial charge in [-0.05, 0) is 98.5 Å². The van der Waals surface area contributed by atoms with E-state index in [0.29, 0.717) is 17.2 Å². The van der Waals surface area contributed by atoms with E-state index >= 15 is 0 Å². The maximum atomic E-state index is 11.8. The Morgan fingerprint density at radius 2 is 1.57 bits per heavy atom. The van der Waals surface area contributed by atoms with Crippen molar-refractivity contribution in [2.24, 2.45) is 0 Å². The highest BCUT2D eigenvalue weighted by Gasteiger charge is 2.17. The van der Waals surface area contributed by atoms with Crippen molar-refractivity contribution in [1.29, 1.82) is 0 Å². The third kappa shape index (κ3) is 6.04. The lowest BCUT2D eigenvalue weighted by Gasteiger charge is -2.17. The Morgan fingerprint density at radius 1 is 1.04 bits per heavy atom. The van der Waals surface area contributed by atoms with Crippen molar-refractivity contribution in [3.63, 3.8) is 0 Å². The van der Waals surface area contributed by atoms with Crippen LogP contribution in [0.2, 0.25) is 0 Å². The molecule has 0 fully saturated rings. The lowest BCUT2D eigenvalue weighted by Crippen LogP contribution is -2.09. The minimum atomic E-state index is -0.440. The number of hydrogen-bond donors (Lipinski definition) is 0. The Morgan fingerprint density at radius 3 is 2.04 bits per heavy atom. The van der Waals surface area contributed by atoms with Crippen LogP contribution >= 0.6 is 63.7 Å². The molecule has 2 aromatic carbocycles. The number of carbonyl (C=O) groups is 1. The van der Waals surface area contributed by atoms with Crippen LogP contribution in [0.3, 0.4) is 0 Å². The second-order valence-electron chi connectivity index (χ2n) is 6.88. The Hall–Kier alpha value is -0.430. The van der Waals surface area contributed by atoms with E-state index in [1.165, 1.54) is 11.1 Å². The first-order valence-corrected chi connectivity index (χ1v) is 12.1. The van der Waals surface area contributed by atoms with E-state index in [2.05, 4.69) is 96.3 Å². The molecule has 0 amide bonds. The van der Waals surface area contributed by atoms with Gasteiger partial charge in [0.1, 0.15) is 0 Å². The maximum absolute atomic E-state index is 11.8. The van der Waals surface area contributed by atoms with E-state index < -0.39 is 5.97 Å². The molecule has 1 unspecified atom stereocenters. The van der Waals surface area contributed by atoms with Crippen molar-refractivity contribution in [1.82, 2.24) is 0 Å². The van der Waals surface area contributed by atoms with Crippen LogP contribution in [0.15, 0.2) is 54.3 Å². The number of benzene rings is 2. The Balaban J connectivity index is 2.24. The first-order chi connectivity index (χ1) is 13.1. The quantitative estimate of drug-likeness (QED) is 0.173. The molecule has 0 N–H and O–H groups in total. The zero-order valence-electron chi connectivity index (χ0n) is 16.0. The lowest BCUT2D eigenvalue weighted by atomic mass is 9.92. The summed E-state index contributed by atoms with van der Waals surface area (Å²) < 4.78 is 9.17. The van der Waals surface area contributed by atoms with Gasteiger partial charge in [-0.25, -0.2) is 4.79 Å². The first-order valence-electron chi connectivity index (χ1n) is 8.97. The van der Waals surface area contributed by atoms with Gasteiger partial charge in [-0.2, -0.15) is 0 Å². The predicted molar refractivity (Wildman–Crippen MR) is 130 cm³/mol. The summed E-state index contributed by atoms with van der Waals surface area (Å²) in [6.45, 7) is 9.64. The fraction of sp³-hybridized carbons (Fsp3) is 0.318.